The predicted molar refractivity (Wildman–Crippen MR) is 166 cm³/mol. The Morgan fingerprint density at radius 1 is 0.732 bits per heavy atom. The van der Waals surface area contributed by atoms with Crippen LogP contribution in [0.2, 0.25) is 0 Å². The summed E-state index contributed by atoms with van der Waals surface area (Å²) in [5, 5.41) is 9.04. The van der Waals surface area contributed by atoms with Gasteiger partial charge in [0.2, 0.25) is 0 Å². The summed E-state index contributed by atoms with van der Waals surface area (Å²) in [7, 11) is 0. The molecular formula is C33H24N8. The van der Waals surface area contributed by atoms with E-state index in [9.17, 15) is 0 Å². The monoisotopic (exact) mass is 532 g/mol. The van der Waals surface area contributed by atoms with Gasteiger partial charge in [-0.05, 0) is 17.8 Å². The van der Waals surface area contributed by atoms with E-state index in [-0.39, 0.29) is 6.17 Å². The van der Waals surface area contributed by atoms with Gasteiger partial charge in [-0.1, -0.05) is 97.1 Å². The molecule has 1 unspecified atom stereocenters. The maximum atomic E-state index is 5.04. The number of benzene rings is 4. The molecule has 0 aliphatic carbocycles. The molecule has 8 rings (SSSR count). The Balaban J connectivity index is 1.19. The predicted octanol–water partition coefficient (Wildman–Crippen LogP) is 6.13. The maximum Gasteiger partial charge on any atom is 0.164 e. The summed E-state index contributed by atoms with van der Waals surface area (Å²) in [6.07, 6.45) is -0.129. The zero-order valence-electron chi connectivity index (χ0n) is 22.0. The molecule has 8 heteroatoms. The van der Waals surface area contributed by atoms with Crippen LogP contribution in [0.5, 0.6) is 0 Å². The van der Waals surface area contributed by atoms with Gasteiger partial charge in [-0.2, -0.15) is 0 Å². The van der Waals surface area contributed by atoms with Gasteiger partial charge in [-0.15, -0.1) is 0 Å². The molecule has 3 aliphatic rings. The van der Waals surface area contributed by atoms with Gasteiger partial charge < -0.3 is 10.3 Å². The number of aliphatic imine (C=N–C) groups is 5. The molecule has 5 aromatic rings. The molecule has 0 radical (unpaired) electrons. The third-order valence-corrected chi connectivity index (χ3v) is 7.65. The van der Waals surface area contributed by atoms with Crippen LogP contribution < -0.4 is 10.6 Å². The number of amidine groups is 4. The van der Waals surface area contributed by atoms with Gasteiger partial charge in [0.1, 0.15) is 23.6 Å². The van der Waals surface area contributed by atoms with Crippen molar-refractivity contribution >= 4 is 52.5 Å². The fourth-order valence-corrected chi connectivity index (χ4v) is 5.69. The Morgan fingerprint density at radius 3 is 2.24 bits per heavy atom. The van der Waals surface area contributed by atoms with Crippen molar-refractivity contribution in [1.29, 1.82) is 0 Å². The number of nitrogens with one attached hydrogen (secondary N) is 3. The Hall–Kier alpha value is -5.47. The van der Waals surface area contributed by atoms with Crippen molar-refractivity contribution in [3.8, 4) is 0 Å². The number of aromatic amines is 1. The number of hydrogen-bond donors (Lipinski definition) is 3. The largest absolute Gasteiger partial charge is 0.325 e. The molecule has 1 aromatic heterocycles. The van der Waals surface area contributed by atoms with Crippen molar-refractivity contribution in [3.63, 3.8) is 0 Å². The molecule has 1 atom stereocenters. The highest BCUT2D eigenvalue weighted by molar-refractivity contribution is 6.27. The smallest absolute Gasteiger partial charge is 0.164 e. The average molecular weight is 533 g/mol. The van der Waals surface area contributed by atoms with Crippen LogP contribution in [0.1, 0.15) is 39.5 Å². The second-order valence-electron chi connectivity index (χ2n) is 10.0. The first kappa shape index (κ1) is 23.4. The zero-order chi connectivity index (χ0) is 27.3. The quantitative estimate of drug-likeness (QED) is 0.244. The number of H-pyrrole nitrogens is 1. The van der Waals surface area contributed by atoms with E-state index < -0.39 is 0 Å². The molecule has 196 valence electrons. The molecule has 0 fully saturated rings. The molecule has 4 aromatic carbocycles. The minimum atomic E-state index is -0.129. The van der Waals surface area contributed by atoms with Gasteiger partial charge >= 0.3 is 0 Å². The second kappa shape index (κ2) is 9.32. The van der Waals surface area contributed by atoms with E-state index in [1.54, 1.807) is 0 Å². The van der Waals surface area contributed by atoms with Crippen LogP contribution in [0, 0.1) is 0 Å². The first-order valence-corrected chi connectivity index (χ1v) is 13.5. The minimum absolute atomic E-state index is 0.129. The lowest BCUT2D eigenvalue weighted by Gasteiger charge is -2.07. The number of nitrogens with zero attached hydrogens (tertiary/aromatic N) is 5. The number of fused-ring (bicyclic) bond motifs is 4. The maximum absolute atomic E-state index is 5.04. The van der Waals surface area contributed by atoms with Crippen LogP contribution in [-0.4, -0.2) is 35.0 Å². The molecule has 3 N–H and O–H groups in total. The summed E-state index contributed by atoms with van der Waals surface area (Å²) < 4.78 is 0. The van der Waals surface area contributed by atoms with E-state index in [0.717, 1.165) is 51.2 Å². The molecule has 0 spiro atoms. The molecule has 0 amide bonds. The molecule has 41 heavy (non-hydrogen) atoms. The highest BCUT2D eigenvalue weighted by atomic mass is 15.2. The molecule has 0 bridgehead atoms. The number of anilines is 1. The lowest BCUT2D eigenvalue weighted by molar-refractivity contribution is 0.610. The highest BCUT2D eigenvalue weighted by Crippen LogP contribution is 2.35. The van der Waals surface area contributed by atoms with Crippen molar-refractivity contribution in [2.24, 2.45) is 25.0 Å². The van der Waals surface area contributed by atoms with Gasteiger partial charge in [0.05, 0.1) is 0 Å². The molecule has 4 heterocycles. The third-order valence-electron chi connectivity index (χ3n) is 7.65. The van der Waals surface area contributed by atoms with Crippen LogP contribution >= 0.6 is 0 Å². The SMILES string of the molecule is C=NC1=NC(=Nc2[nH]c(NC3=NC(=NC4NCc5ccccc54)c4ccccc43)c3ccccc23)c2ccccc21. The van der Waals surface area contributed by atoms with E-state index in [0.29, 0.717) is 23.3 Å². The first-order chi connectivity index (χ1) is 20.3. The van der Waals surface area contributed by atoms with Gasteiger partial charge in [0.25, 0.3) is 0 Å². The molecule has 8 nitrogen and oxygen atoms in total. The summed E-state index contributed by atoms with van der Waals surface area (Å²) in [5.74, 6) is 4.13. The standard InChI is InChI=1S/C33H24N8/c1-34-27-21-12-4-5-13-22(21)29(36-27)38-31-25-16-8-9-17-26(25)33(40-31)41-32-24-15-7-6-14-23(24)30(39-32)37-28-20-11-3-2-10-19(20)18-35-28/h2-17,28,35,40H,1,18H2,(H,37,39,41). The van der Waals surface area contributed by atoms with E-state index >= 15 is 0 Å². The van der Waals surface area contributed by atoms with Crippen LogP contribution in [0.25, 0.3) is 10.8 Å². The lowest BCUT2D eigenvalue weighted by Crippen LogP contribution is -2.12. The second-order valence-corrected chi connectivity index (χ2v) is 10.0. The average Bonchev–Trinajstić information content (AvgIpc) is 3.78. The van der Waals surface area contributed by atoms with Crippen LogP contribution in [0.15, 0.2) is 122 Å². The van der Waals surface area contributed by atoms with Crippen molar-refractivity contribution in [2.75, 3.05) is 5.32 Å². The third kappa shape index (κ3) is 3.84. The Morgan fingerprint density at radius 2 is 1.41 bits per heavy atom. The summed E-state index contributed by atoms with van der Waals surface area (Å²) in [6, 6.07) is 32.6. The Labute approximate surface area is 236 Å². The summed E-state index contributed by atoms with van der Waals surface area (Å²) >= 11 is 0. The summed E-state index contributed by atoms with van der Waals surface area (Å²) in [4.78, 5) is 27.2. The van der Waals surface area contributed by atoms with Gasteiger partial charge in [0, 0.05) is 39.6 Å². The van der Waals surface area contributed by atoms with E-state index in [1.165, 1.54) is 11.1 Å². The molecule has 0 saturated heterocycles. The minimum Gasteiger partial charge on any atom is -0.325 e. The van der Waals surface area contributed by atoms with Crippen molar-refractivity contribution in [3.05, 3.63) is 130 Å². The highest BCUT2D eigenvalue weighted by Gasteiger charge is 2.27. The lowest BCUT2D eigenvalue weighted by atomic mass is 10.1. The number of hydrogen-bond acceptors (Lipinski definition) is 5. The number of rotatable bonds is 3. The van der Waals surface area contributed by atoms with E-state index in [4.69, 9.17) is 15.0 Å². The van der Waals surface area contributed by atoms with Gasteiger partial charge in [0.15, 0.2) is 17.5 Å². The van der Waals surface area contributed by atoms with E-state index in [2.05, 4.69) is 74.8 Å². The van der Waals surface area contributed by atoms with Crippen molar-refractivity contribution < 1.29 is 0 Å². The summed E-state index contributed by atoms with van der Waals surface area (Å²) in [5.41, 5.74) is 6.32. The number of aromatic nitrogens is 1. The topological polar surface area (TPSA) is 102 Å². The normalized spacial score (nSPS) is 18.8. The Bertz CT molecular complexity index is 2010. The van der Waals surface area contributed by atoms with Gasteiger partial charge in [-0.25, -0.2) is 25.0 Å². The fourth-order valence-electron chi connectivity index (χ4n) is 5.69. The zero-order valence-corrected chi connectivity index (χ0v) is 22.0. The fraction of sp³-hybridized carbons (Fsp3) is 0.0606. The van der Waals surface area contributed by atoms with E-state index in [1.807, 2.05) is 54.6 Å². The molecular weight excluding hydrogens is 508 g/mol. The molecule has 3 aliphatic heterocycles. The first-order valence-electron chi connectivity index (χ1n) is 13.5. The van der Waals surface area contributed by atoms with Crippen molar-refractivity contribution in [1.82, 2.24) is 10.3 Å². The van der Waals surface area contributed by atoms with Crippen LogP contribution in [0.3, 0.4) is 0 Å². The van der Waals surface area contributed by atoms with Crippen LogP contribution in [0.4, 0.5) is 11.6 Å². The molecule has 0 saturated carbocycles. The van der Waals surface area contributed by atoms with Crippen LogP contribution in [-0.2, 0) is 6.54 Å². The summed E-state index contributed by atoms with van der Waals surface area (Å²) in [6.45, 7) is 4.48. The van der Waals surface area contributed by atoms with Crippen molar-refractivity contribution in [2.45, 2.75) is 12.7 Å². The van der Waals surface area contributed by atoms with Gasteiger partial charge in [-0.3, -0.25) is 5.32 Å². The Kier molecular flexibility index (Phi) is 5.33.